The Balaban J connectivity index is 1.07. The summed E-state index contributed by atoms with van der Waals surface area (Å²) < 4.78 is 0. The summed E-state index contributed by atoms with van der Waals surface area (Å²) >= 11 is 0. The zero-order valence-corrected chi connectivity index (χ0v) is 35.7. The topological polar surface area (TPSA) is 3.24 Å². The molecule has 4 fully saturated rings. The summed E-state index contributed by atoms with van der Waals surface area (Å²) in [4.78, 5) is 2.64. The Labute approximate surface area is 342 Å². The van der Waals surface area contributed by atoms with Crippen molar-refractivity contribution in [3.63, 3.8) is 0 Å². The van der Waals surface area contributed by atoms with Gasteiger partial charge in [0.15, 0.2) is 0 Å². The number of hydrogen-bond acceptors (Lipinski definition) is 1. The van der Waals surface area contributed by atoms with Gasteiger partial charge in [-0.15, -0.1) is 0 Å². The van der Waals surface area contributed by atoms with Crippen molar-refractivity contribution in [3.05, 3.63) is 137 Å². The van der Waals surface area contributed by atoms with Crippen LogP contribution in [-0.4, -0.2) is 0 Å². The monoisotopic (exact) mass is 747 g/mol. The molecule has 6 atom stereocenters. The minimum absolute atomic E-state index is 0.135. The van der Waals surface area contributed by atoms with Crippen molar-refractivity contribution < 1.29 is 0 Å². The molecule has 1 nitrogen and oxygen atoms in total. The highest BCUT2D eigenvalue weighted by Gasteiger charge is 2.84. The van der Waals surface area contributed by atoms with Crippen molar-refractivity contribution in [2.75, 3.05) is 4.90 Å². The van der Waals surface area contributed by atoms with Crippen LogP contribution in [-0.2, 0) is 27.1 Å². The van der Waals surface area contributed by atoms with E-state index in [0.717, 1.165) is 23.7 Å². The lowest BCUT2D eigenvalue weighted by molar-refractivity contribution is -0.231. The molecule has 6 unspecified atom stereocenters. The fourth-order valence-electron chi connectivity index (χ4n) is 15.2. The normalized spacial score (nSPS) is 31.6. The maximum Gasteiger partial charge on any atom is 0.0468 e. The van der Waals surface area contributed by atoms with Crippen molar-refractivity contribution in [2.45, 2.75) is 134 Å². The Morgan fingerprint density at radius 1 is 0.439 bits per heavy atom. The van der Waals surface area contributed by atoms with E-state index in [-0.39, 0.29) is 27.1 Å². The molecule has 290 valence electrons. The maximum absolute atomic E-state index is 2.65. The van der Waals surface area contributed by atoms with Gasteiger partial charge in [-0.05, 0) is 200 Å². The van der Waals surface area contributed by atoms with Crippen LogP contribution in [0.2, 0.25) is 0 Å². The van der Waals surface area contributed by atoms with Crippen molar-refractivity contribution in [1.82, 2.24) is 0 Å². The van der Waals surface area contributed by atoms with Crippen LogP contribution in [0.3, 0.4) is 0 Å². The second-order valence-electron chi connectivity index (χ2n) is 22.7. The molecule has 7 aliphatic rings. The molecule has 57 heavy (non-hydrogen) atoms. The summed E-state index contributed by atoms with van der Waals surface area (Å²) in [6.45, 7) is 19.7. The van der Waals surface area contributed by atoms with Crippen molar-refractivity contribution in [2.24, 2.45) is 29.1 Å². The molecular weight excluding hydrogens is 687 g/mol. The first-order valence-electron chi connectivity index (χ1n) is 22.6. The quantitative estimate of drug-likeness (QED) is 0.177. The van der Waals surface area contributed by atoms with E-state index < -0.39 is 0 Å². The Morgan fingerprint density at radius 3 is 1.58 bits per heavy atom. The lowest BCUT2D eigenvalue weighted by Crippen LogP contribution is -2.73. The van der Waals surface area contributed by atoms with Crippen LogP contribution in [0.4, 0.5) is 17.1 Å². The third kappa shape index (κ3) is 4.32. The van der Waals surface area contributed by atoms with Crippen LogP contribution in [0.25, 0.3) is 22.3 Å². The minimum Gasteiger partial charge on any atom is -0.310 e. The molecule has 5 aromatic rings. The number of benzene rings is 5. The summed E-state index contributed by atoms with van der Waals surface area (Å²) in [5, 5.41) is 0. The number of anilines is 3. The second kappa shape index (κ2) is 10.9. The summed E-state index contributed by atoms with van der Waals surface area (Å²) in [7, 11) is 0. The van der Waals surface area contributed by atoms with Gasteiger partial charge in [-0.1, -0.05) is 116 Å². The number of fused-ring (bicyclic) bond motifs is 10. The molecule has 1 heteroatoms. The van der Waals surface area contributed by atoms with E-state index in [1.165, 1.54) is 113 Å². The SMILES string of the molecule is CC1(C)CCC(C)(C)c2cc(N(c3ccc4c(c3)-c3ccc(-c5ccccc5)cc3C43C4CC5CC6CC3C64C5)c3ccc4c(c3)C(C)(C)CCC4(C)C)ccc21. The van der Waals surface area contributed by atoms with Gasteiger partial charge in [-0.25, -0.2) is 0 Å². The predicted molar refractivity (Wildman–Crippen MR) is 238 cm³/mol. The van der Waals surface area contributed by atoms with Gasteiger partial charge >= 0.3 is 0 Å². The lowest BCUT2D eigenvalue weighted by atomic mass is 9.27. The standard InChI is InChI=1S/C56H61N/c1-51(2)22-24-53(5,6)47-31-39(16-20-44(47)51)57(40-17-21-45-48(32-40)54(7,8)25-23-52(45,3)4)38-15-19-43-42(30-38)41-18-14-36(35-12-10-9-11-13-35)28-46(41)56(43)49-27-34-26-37-29-50(56)55(37,49)33-34/h9-21,28,30-32,34,37,49-50H,22-27,29,33H2,1-8H3. The van der Waals surface area contributed by atoms with Gasteiger partial charge in [0.25, 0.3) is 0 Å². The van der Waals surface area contributed by atoms with Gasteiger partial charge in [-0.3, -0.25) is 0 Å². The van der Waals surface area contributed by atoms with E-state index in [1.807, 2.05) is 0 Å². The first-order valence-corrected chi connectivity index (χ1v) is 22.6. The molecule has 0 aliphatic heterocycles. The summed E-state index contributed by atoms with van der Waals surface area (Å²) in [5.74, 6) is 3.50. The molecule has 0 radical (unpaired) electrons. The molecule has 5 aromatic carbocycles. The van der Waals surface area contributed by atoms with Crippen LogP contribution in [0.1, 0.15) is 140 Å². The van der Waals surface area contributed by atoms with Crippen LogP contribution in [0, 0.1) is 29.1 Å². The molecule has 0 heterocycles. The van der Waals surface area contributed by atoms with Crippen LogP contribution < -0.4 is 4.90 Å². The van der Waals surface area contributed by atoms with Gasteiger partial charge in [-0.2, -0.15) is 0 Å². The summed E-state index contributed by atoms with van der Waals surface area (Å²) in [5.41, 5.74) is 20.4. The molecule has 7 aliphatic carbocycles. The van der Waals surface area contributed by atoms with E-state index in [2.05, 4.69) is 163 Å². The van der Waals surface area contributed by atoms with Crippen molar-refractivity contribution in [1.29, 1.82) is 0 Å². The molecule has 12 rings (SSSR count). The van der Waals surface area contributed by atoms with Gasteiger partial charge in [0.05, 0.1) is 0 Å². The Kier molecular flexibility index (Phi) is 6.69. The first-order chi connectivity index (χ1) is 27.1. The molecule has 4 saturated carbocycles. The molecule has 0 amide bonds. The molecule has 0 aromatic heterocycles. The lowest BCUT2D eigenvalue weighted by Gasteiger charge is -2.76. The fourth-order valence-corrected chi connectivity index (χ4v) is 15.2. The third-order valence-corrected chi connectivity index (χ3v) is 18.3. The summed E-state index contributed by atoms with van der Waals surface area (Å²) in [6.07, 6.45) is 10.8. The van der Waals surface area contributed by atoms with Crippen LogP contribution in [0.5, 0.6) is 0 Å². The highest BCUT2D eigenvalue weighted by Crippen LogP contribution is 2.89. The zero-order valence-electron chi connectivity index (χ0n) is 35.7. The first kappa shape index (κ1) is 34.9. The predicted octanol–water partition coefficient (Wildman–Crippen LogP) is 14.9. The number of nitrogens with zero attached hydrogens (tertiary/aromatic N) is 1. The second-order valence-corrected chi connectivity index (χ2v) is 22.7. The maximum atomic E-state index is 2.65. The Morgan fingerprint density at radius 2 is 0.982 bits per heavy atom. The minimum atomic E-state index is 0.135. The van der Waals surface area contributed by atoms with E-state index in [4.69, 9.17) is 0 Å². The molecule has 0 saturated heterocycles. The number of rotatable bonds is 4. The summed E-state index contributed by atoms with van der Waals surface area (Å²) in [6, 6.07) is 41.6. The fraction of sp³-hybridized carbons (Fsp3) is 0.464. The largest absolute Gasteiger partial charge is 0.310 e. The highest BCUT2D eigenvalue weighted by atomic mass is 15.1. The molecule has 2 bridgehead atoms. The number of hydrogen-bond donors (Lipinski definition) is 0. The Bertz CT molecular complexity index is 2450. The van der Waals surface area contributed by atoms with Crippen LogP contribution >= 0.6 is 0 Å². The average molecular weight is 748 g/mol. The van der Waals surface area contributed by atoms with E-state index >= 15 is 0 Å². The zero-order chi connectivity index (χ0) is 39.1. The van der Waals surface area contributed by atoms with Crippen molar-refractivity contribution in [3.8, 4) is 22.3 Å². The average Bonchev–Trinajstić information content (AvgIpc) is 3.82. The highest BCUT2D eigenvalue weighted by molar-refractivity contribution is 5.90. The van der Waals surface area contributed by atoms with E-state index in [0.29, 0.717) is 5.41 Å². The molecular formula is C56H61N. The van der Waals surface area contributed by atoms with E-state index in [9.17, 15) is 0 Å². The van der Waals surface area contributed by atoms with Gasteiger partial charge in [0.1, 0.15) is 0 Å². The van der Waals surface area contributed by atoms with Gasteiger partial charge < -0.3 is 4.90 Å². The van der Waals surface area contributed by atoms with Crippen molar-refractivity contribution >= 4 is 17.1 Å². The van der Waals surface area contributed by atoms with E-state index in [1.54, 1.807) is 11.1 Å². The Hall–Kier alpha value is -4.10. The third-order valence-electron chi connectivity index (χ3n) is 18.3. The van der Waals surface area contributed by atoms with Gasteiger partial charge in [0.2, 0.25) is 0 Å². The van der Waals surface area contributed by atoms with Gasteiger partial charge in [0, 0.05) is 22.5 Å². The molecule has 0 N–H and O–H groups in total. The van der Waals surface area contributed by atoms with Crippen LogP contribution in [0.15, 0.2) is 103 Å². The smallest absolute Gasteiger partial charge is 0.0468 e. The molecule has 2 spiro atoms.